The fraction of sp³-hybridized carbons (Fsp3) is 0.571. The lowest BCUT2D eigenvalue weighted by molar-refractivity contribution is -0.0302. The number of benzene rings is 1. The Morgan fingerprint density at radius 3 is 2.17 bits per heavy atom. The van der Waals surface area contributed by atoms with Gasteiger partial charge in [0.1, 0.15) is 5.75 Å². The summed E-state index contributed by atoms with van der Waals surface area (Å²) < 4.78 is 33.5. The van der Waals surface area contributed by atoms with Gasteiger partial charge in [0.25, 0.3) is 5.92 Å². The SMILES string of the molecule is COc1ccc(C(F)(F)CC(C)(C)N)c(C)c1C. The van der Waals surface area contributed by atoms with Crippen LogP contribution in [0.5, 0.6) is 5.75 Å². The Labute approximate surface area is 107 Å². The van der Waals surface area contributed by atoms with Crippen molar-refractivity contribution in [1.82, 2.24) is 0 Å². The summed E-state index contributed by atoms with van der Waals surface area (Å²) in [6.07, 6.45) is -0.382. The van der Waals surface area contributed by atoms with Crippen LogP contribution in [-0.2, 0) is 5.92 Å². The highest BCUT2D eigenvalue weighted by molar-refractivity contribution is 5.45. The highest BCUT2D eigenvalue weighted by Gasteiger charge is 2.38. The number of methoxy groups -OCH3 is 1. The molecule has 0 aliphatic carbocycles. The third-order valence-electron chi connectivity index (χ3n) is 3.03. The van der Waals surface area contributed by atoms with Gasteiger partial charge in [-0.1, -0.05) is 0 Å². The predicted octanol–water partition coefficient (Wildman–Crippen LogP) is 3.53. The molecule has 1 rings (SSSR count). The van der Waals surface area contributed by atoms with Gasteiger partial charge in [0.2, 0.25) is 0 Å². The van der Waals surface area contributed by atoms with Crippen molar-refractivity contribution in [2.24, 2.45) is 5.73 Å². The number of halogens is 2. The van der Waals surface area contributed by atoms with Crippen molar-refractivity contribution in [2.45, 2.75) is 45.6 Å². The van der Waals surface area contributed by atoms with Crippen LogP contribution in [0.1, 0.15) is 37.0 Å². The Hall–Kier alpha value is -1.16. The number of ether oxygens (including phenoxy) is 1. The van der Waals surface area contributed by atoms with E-state index in [2.05, 4.69) is 0 Å². The number of rotatable bonds is 4. The van der Waals surface area contributed by atoms with Gasteiger partial charge >= 0.3 is 0 Å². The van der Waals surface area contributed by atoms with Gasteiger partial charge in [0.15, 0.2) is 0 Å². The van der Waals surface area contributed by atoms with E-state index in [0.29, 0.717) is 11.3 Å². The monoisotopic (exact) mass is 257 g/mol. The summed E-state index contributed by atoms with van der Waals surface area (Å²) in [7, 11) is 1.53. The highest BCUT2D eigenvalue weighted by Crippen LogP contribution is 2.39. The summed E-state index contributed by atoms with van der Waals surface area (Å²) in [6, 6.07) is 3.00. The molecule has 0 aromatic heterocycles. The molecular weight excluding hydrogens is 236 g/mol. The minimum absolute atomic E-state index is 0.0272. The average Bonchev–Trinajstić information content (AvgIpc) is 2.18. The molecule has 0 saturated heterocycles. The van der Waals surface area contributed by atoms with E-state index in [1.807, 2.05) is 0 Å². The molecule has 0 atom stereocenters. The standard InChI is InChI=1S/C14H21F2NO/c1-9-10(2)12(18-5)7-6-11(9)14(15,16)8-13(3,4)17/h6-7H,8,17H2,1-5H3. The predicted molar refractivity (Wildman–Crippen MR) is 69.2 cm³/mol. The molecule has 0 bridgehead atoms. The first-order chi connectivity index (χ1) is 8.08. The van der Waals surface area contributed by atoms with E-state index >= 15 is 0 Å². The van der Waals surface area contributed by atoms with Crippen LogP contribution in [0, 0.1) is 13.8 Å². The summed E-state index contributed by atoms with van der Waals surface area (Å²) in [5.41, 5.74) is 6.11. The molecule has 0 unspecified atom stereocenters. The molecule has 0 fully saturated rings. The maximum absolute atomic E-state index is 14.2. The van der Waals surface area contributed by atoms with E-state index in [-0.39, 0.29) is 12.0 Å². The van der Waals surface area contributed by atoms with Gasteiger partial charge in [-0.3, -0.25) is 0 Å². The van der Waals surface area contributed by atoms with Crippen LogP contribution < -0.4 is 10.5 Å². The van der Waals surface area contributed by atoms with E-state index in [4.69, 9.17) is 10.5 Å². The van der Waals surface area contributed by atoms with Gasteiger partial charge in [-0.05, 0) is 51.0 Å². The minimum atomic E-state index is -2.93. The number of hydrogen-bond donors (Lipinski definition) is 1. The fourth-order valence-corrected chi connectivity index (χ4v) is 2.08. The normalized spacial score (nSPS) is 12.7. The second kappa shape index (κ2) is 4.84. The molecule has 1 aromatic carbocycles. The Kier molecular flexibility index (Phi) is 4.01. The smallest absolute Gasteiger partial charge is 0.275 e. The summed E-state index contributed by atoms with van der Waals surface area (Å²) >= 11 is 0. The van der Waals surface area contributed by atoms with E-state index in [1.54, 1.807) is 33.8 Å². The van der Waals surface area contributed by atoms with Gasteiger partial charge in [-0.15, -0.1) is 0 Å². The van der Waals surface area contributed by atoms with E-state index in [0.717, 1.165) is 5.56 Å². The molecule has 1 aromatic rings. The van der Waals surface area contributed by atoms with E-state index < -0.39 is 11.5 Å². The zero-order valence-corrected chi connectivity index (χ0v) is 11.6. The van der Waals surface area contributed by atoms with Crippen molar-refractivity contribution in [3.63, 3.8) is 0 Å². The number of hydrogen-bond acceptors (Lipinski definition) is 2. The second-order valence-electron chi connectivity index (χ2n) is 5.44. The molecule has 2 N–H and O–H groups in total. The maximum atomic E-state index is 14.2. The topological polar surface area (TPSA) is 35.2 Å². The molecule has 4 heteroatoms. The van der Waals surface area contributed by atoms with Gasteiger partial charge in [0.05, 0.1) is 7.11 Å². The lowest BCUT2D eigenvalue weighted by Gasteiger charge is -2.27. The first-order valence-corrected chi connectivity index (χ1v) is 5.90. The van der Waals surface area contributed by atoms with Crippen LogP contribution in [-0.4, -0.2) is 12.6 Å². The summed E-state index contributed by atoms with van der Waals surface area (Å²) in [5, 5.41) is 0. The quantitative estimate of drug-likeness (QED) is 0.895. The molecule has 18 heavy (non-hydrogen) atoms. The molecule has 0 amide bonds. The van der Waals surface area contributed by atoms with Gasteiger partial charge in [-0.25, -0.2) is 8.78 Å². The van der Waals surface area contributed by atoms with Gasteiger partial charge in [0, 0.05) is 17.5 Å². The molecule has 0 heterocycles. The fourth-order valence-electron chi connectivity index (χ4n) is 2.08. The minimum Gasteiger partial charge on any atom is -0.496 e. The van der Waals surface area contributed by atoms with E-state index in [9.17, 15) is 8.78 Å². The summed E-state index contributed by atoms with van der Waals surface area (Å²) in [4.78, 5) is 0. The van der Waals surface area contributed by atoms with Crippen LogP contribution in [0.4, 0.5) is 8.78 Å². The first kappa shape index (κ1) is 14.9. The molecule has 0 aliphatic rings. The average molecular weight is 257 g/mol. The Morgan fingerprint density at radius 2 is 1.72 bits per heavy atom. The molecule has 0 radical (unpaired) electrons. The van der Waals surface area contributed by atoms with Crippen molar-refractivity contribution >= 4 is 0 Å². The Bertz CT molecular complexity index is 436. The van der Waals surface area contributed by atoms with E-state index in [1.165, 1.54) is 13.2 Å². The Morgan fingerprint density at radius 1 is 1.17 bits per heavy atom. The molecule has 0 aliphatic heterocycles. The summed E-state index contributed by atoms with van der Waals surface area (Å²) in [6.45, 7) is 6.67. The maximum Gasteiger partial charge on any atom is 0.275 e. The van der Waals surface area contributed by atoms with Crippen LogP contribution in [0.25, 0.3) is 0 Å². The first-order valence-electron chi connectivity index (χ1n) is 5.90. The zero-order valence-electron chi connectivity index (χ0n) is 11.6. The van der Waals surface area contributed by atoms with Crippen LogP contribution in [0.3, 0.4) is 0 Å². The van der Waals surface area contributed by atoms with Crippen LogP contribution in [0.2, 0.25) is 0 Å². The van der Waals surface area contributed by atoms with Crippen molar-refractivity contribution in [1.29, 1.82) is 0 Å². The van der Waals surface area contributed by atoms with Gasteiger partial charge in [-0.2, -0.15) is 0 Å². The van der Waals surface area contributed by atoms with Crippen molar-refractivity contribution in [3.05, 3.63) is 28.8 Å². The molecule has 0 saturated carbocycles. The second-order valence-corrected chi connectivity index (χ2v) is 5.44. The number of alkyl halides is 2. The lowest BCUT2D eigenvalue weighted by Crippen LogP contribution is -2.38. The zero-order chi connectivity index (χ0) is 14.1. The van der Waals surface area contributed by atoms with Crippen LogP contribution in [0.15, 0.2) is 12.1 Å². The van der Waals surface area contributed by atoms with Crippen molar-refractivity contribution < 1.29 is 13.5 Å². The largest absolute Gasteiger partial charge is 0.496 e. The van der Waals surface area contributed by atoms with Gasteiger partial charge < -0.3 is 10.5 Å². The van der Waals surface area contributed by atoms with Crippen LogP contribution >= 0.6 is 0 Å². The summed E-state index contributed by atoms with van der Waals surface area (Å²) in [5.74, 6) is -2.31. The van der Waals surface area contributed by atoms with Crippen molar-refractivity contribution in [2.75, 3.05) is 7.11 Å². The molecule has 0 spiro atoms. The third-order valence-corrected chi connectivity index (χ3v) is 3.03. The third kappa shape index (κ3) is 3.19. The Balaban J connectivity index is 3.21. The number of nitrogens with two attached hydrogens (primary N) is 1. The molecular formula is C14H21F2NO. The van der Waals surface area contributed by atoms with Crippen molar-refractivity contribution in [3.8, 4) is 5.75 Å². The molecule has 2 nitrogen and oxygen atoms in total. The highest BCUT2D eigenvalue weighted by atomic mass is 19.3. The molecule has 102 valence electrons. The lowest BCUT2D eigenvalue weighted by atomic mass is 9.89.